The maximum Gasteiger partial charge on any atom is 0.191 e. The third kappa shape index (κ3) is 2.06. The topological polar surface area (TPSA) is 52.0 Å². The molecule has 1 aliphatic rings. The van der Waals surface area contributed by atoms with E-state index in [1.807, 2.05) is 6.92 Å². The minimum atomic E-state index is -0.192. The van der Waals surface area contributed by atoms with Crippen molar-refractivity contribution < 1.29 is 4.42 Å². The van der Waals surface area contributed by atoms with E-state index in [-0.39, 0.29) is 6.04 Å². The summed E-state index contributed by atoms with van der Waals surface area (Å²) in [6, 6.07) is 8.39. The molecule has 1 heterocycles. The lowest BCUT2D eigenvalue weighted by molar-refractivity contribution is 0.419. The summed E-state index contributed by atoms with van der Waals surface area (Å²) < 4.78 is 5.23. The molecule has 0 radical (unpaired) electrons. The van der Waals surface area contributed by atoms with Crippen LogP contribution in [0.3, 0.4) is 0 Å². The highest BCUT2D eigenvalue weighted by atomic mass is 16.3. The van der Waals surface area contributed by atoms with Crippen LogP contribution >= 0.6 is 0 Å². The number of benzene rings is 1. The Kier molecular flexibility index (Phi) is 2.92. The quantitative estimate of drug-likeness (QED) is 0.898. The summed E-state index contributed by atoms with van der Waals surface area (Å²) in [6.45, 7) is 1.83. The molecule has 3 heteroatoms. The van der Waals surface area contributed by atoms with Crippen molar-refractivity contribution >= 4 is 0 Å². The van der Waals surface area contributed by atoms with Gasteiger partial charge in [0.05, 0.1) is 6.04 Å². The summed E-state index contributed by atoms with van der Waals surface area (Å²) in [5, 5.41) is 0. The second-order valence-corrected chi connectivity index (χ2v) is 5.07. The Hall–Kier alpha value is -1.61. The van der Waals surface area contributed by atoms with E-state index in [2.05, 4.69) is 29.2 Å². The number of nitrogens with zero attached hydrogens (tertiary/aromatic N) is 1. The Morgan fingerprint density at radius 2 is 2.22 bits per heavy atom. The molecule has 0 bridgehead atoms. The van der Waals surface area contributed by atoms with Gasteiger partial charge in [0.1, 0.15) is 12.0 Å². The predicted molar refractivity (Wildman–Crippen MR) is 70.3 cm³/mol. The lowest BCUT2D eigenvalue weighted by Gasteiger charge is -2.26. The molecule has 18 heavy (non-hydrogen) atoms. The van der Waals surface area contributed by atoms with Crippen LogP contribution in [-0.2, 0) is 0 Å². The normalized spacial score (nSPS) is 17.4. The fourth-order valence-electron chi connectivity index (χ4n) is 2.44. The molecule has 1 fully saturated rings. The number of nitrogens with two attached hydrogens (primary N) is 1. The Bertz CT molecular complexity index is 543. The molecule has 0 saturated heterocycles. The molecule has 1 atom stereocenters. The number of rotatable bonds is 3. The molecule has 0 amide bonds. The van der Waals surface area contributed by atoms with Crippen LogP contribution in [0.5, 0.6) is 0 Å². The fourth-order valence-corrected chi connectivity index (χ4v) is 2.44. The van der Waals surface area contributed by atoms with Crippen molar-refractivity contribution in [1.82, 2.24) is 4.98 Å². The first-order valence-corrected chi connectivity index (χ1v) is 6.51. The maximum atomic E-state index is 6.24. The smallest absolute Gasteiger partial charge is 0.191 e. The van der Waals surface area contributed by atoms with Crippen LogP contribution in [0.1, 0.15) is 53.9 Å². The molecular weight excluding hydrogens is 224 g/mol. The zero-order valence-electron chi connectivity index (χ0n) is 10.6. The van der Waals surface area contributed by atoms with E-state index in [1.165, 1.54) is 24.8 Å². The summed E-state index contributed by atoms with van der Waals surface area (Å²) in [7, 11) is 0. The molecule has 0 aliphatic heterocycles. The molecule has 1 unspecified atom stereocenters. The highest BCUT2D eigenvalue weighted by molar-refractivity contribution is 5.32. The van der Waals surface area contributed by atoms with Crippen LogP contribution in [0.15, 0.2) is 34.9 Å². The lowest BCUT2D eigenvalue weighted by Crippen LogP contribution is -2.14. The number of hydrogen-bond donors (Lipinski definition) is 1. The van der Waals surface area contributed by atoms with Gasteiger partial charge in [0, 0.05) is 6.92 Å². The van der Waals surface area contributed by atoms with Crippen LogP contribution in [0, 0.1) is 6.92 Å². The molecule has 1 saturated carbocycles. The average Bonchev–Trinajstić information content (AvgIpc) is 2.73. The van der Waals surface area contributed by atoms with Gasteiger partial charge in [-0.15, -0.1) is 0 Å². The van der Waals surface area contributed by atoms with Crippen molar-refractivity contribution in [3.05, 3.63) is 53.2 Å². The van der Waals surface area contributed by atoms with E-state index in [0.717, 1.165) is 17.2 Å². The molecular formula is C15H18N2O. The maximum absolute atomic E-state index is 6.24. The largest absolute Gasteiger partial charge is 0.449 e. The molecule has 0 spiro atoms. The minimum absolute atomic E-state index is 0.192. The number of hydrogen-bond acceptors (Lipinski definition) is 3. The number of oxazole rings is 1. The van der Waals surface area contributed by atoms with Crippen molar-refractivity contribution in [3.8, 4) is 0 Å². The Balaban J connectivity index is 1.86. The van der Waals surface area contributed by atoms with Crippen molar-refractivity contribution in [3.63, 3.8) is 0 Å². The van der Waals surface area contributed by atoms with Crippen LogP contribution in [-0.4, -0.2) is 4.98 Å². The molecule has 1 aromatic carbocycles. The van der Waals surface area contributed by atoms with Crippen LogP contribution < -0.4 is 5.73 Å². The average molecular weight is 242 g/mol. The molecule has 94 valence electrons. The van der Waals surface area contributed by atoms with Gasteiger partial charge in [0.15, 0.2) is 5.89 Å². The highest BCUT2D eigenvalue weighted by Crippen LogP contribution is 2.37. The van der Waals surface area contributed by atoms with Crippen molar-refractivity contribution in [1.29, 1.82) is 0 Å². The van der Waals surface area contributed by atoms with Gasteiger partial charge in [-0.25, -0.2) is 4.98 Å². The Labute approximate surface area is 107 Å². The lowest BCUT2D eigenvalue weighted by atomic mass is 9.79. The Morgan fingerprint density at radius 3 is 2.83 bits per heavy atom. The van der Waals surface area contributed by atoms with Gasteiger partial charge < -0.3 is 10.2 Å². The van der Waals surface area contributed by atoms with Crippen LogP contribution in [0.4, 0.5) is 0 Å². The van der Waals surface area contributed by atoms with Crippen molar-refractivity contribution in [2.45, 2.75) is 38.1 Å². The summed E-state index contributed by atoms with van der Waals surface area (Å²) in [5.41, 5.74) is 9.57. The number of aryl methyl sites for hydroxylation is 1. The zero-order chi connectivity index (χ0) is 12.5. The minimum Gasteiger partial charge on any atom is -0.449 e. The van der Waals surface area contributed by atoms with Gasteiger partial charge >= 0.3 is 0 Å². The monoisotopic (exact) mass is 242 g/mol. The van der Waals surface area contributed by atoms with Crippen LogP contribution in [0.25, 0.3) is 0 Å². The molecule has 1 aromatic heterocycles. The van der Waals surface area contributed by atoms with Gasteiger partial charge in [-0.3, -0.25) is 0 Å². The fraction of sp³-hybridized carbons (Fsp3) is 0.400. The van der Waals surface area contributed by atoms with E-state index < -0.39 is 0 Å². The van der Waals surface area contributed by atoms with Gasteiger partial charge in [-0.1, -0.05) is 30.7 Å². The number of aromatic nitrogens is 1. The van der Waals surface area contributed by atoms with Crippen molar-refractivity contribution in [2.24, 2.45) is 5.73 Å². The third-order valence-electron chi connectivity index (χ3n) is 3.80. The van der Waals surface area contributed by atoms with E-state index in [1.54, 1.807) is 6.26 Å². The molecule has 2 N–H and O–H groups in total. The third-order valence-corrected chi connectivity index (χ3v) is 3.80. The first-order chi connectivity index (χ1) is 8.74. The second kappa shape index (κ2) is 4.58. The van der Waals surface area contributed by atoms with Gasteiger partial charge in [0.2, 0.25) is 0 Å². The van der Waals surface area contributed by atoms with E-state index in [9.17, 15) is 0 Å². The highest BCUT2D eigenvalue weighted by Gasteiger charge is 2.21. The molecule has 3 nitrogen and oxygen atoms in total. The summed E-state index contributed by atoms with van der Waals surface area (Å²) in [4.78, 5) is 4.30. The van der Waals surface area contributed by atoms with E-state index in [4.69, 9.17) is 10.2 Å². The van der Waals surface area contributed by atoms with E-state index in [0.29, 0.717) is 5.89 Å². The van der Waals surface area contributed by atoms with Crippen molar-refractivity contribution in [2.75, 3.05) is 0 Å². The summed E-state index contributed by atoms with van der Waals surface area (Å²) in [5.74, 6) is 1.40. The Morgan fingerprint density at radius 1 is 1.39 bits per heavy atom. The summed E-state index contributed by atoms with van der Waals surface area (Å²) >= 11 is 0. The second-order valence-electron chi connectivity index (χ2n) is 5.07. The summed E-state index contributed by atoms with van der Waals surface area (Å²) in [6.07, 6.45) is 5.61. The molecule has 3 rings (SSSR count). The first kappa shape index (κ1) is 11.5. The predicted octanol–water partition coefficient (Wildman–Crippen LogP) is 3.30. The van der Waals surface area contributed by atoms with Gasteiger partial charge in [-0.05, 0) is 29.9 Å². The molecule has 1 aliphatic carbocycles. The van der Waals surface area contributed by atoms with Crippen LogP contribution in [0.2, 0.25) is 0 Å². The van der Waals surface area contributed by atoms with Gasteiger partial charge in [-0.2, -0.15) is 0 Å². The molecule has 2 aromatic rings. The zero-order valence-corrected chi connectivity index (χ0v) is 10.6. The SMILES string of the molecule is Cc1nc(C(N)c2cccc(C3CCC3)c2)co1. The van der Waals surface area contributed by atoms with E-state index >= 15 is 0 Å². The van der Waals surface area contributed by atoms with Gasteiger partial charge in [0.25, 0.3) is 0 Å². The standard InChI is InChI=1S/C15H18N2O/c1-10-17-14(9-18-10)15(16)13-7-3-6-12(8-13)11-4-2-5-11/h3,6-9,11,15H,2,4-5,16H2,1H3. The first-order valence-electron chi connectivity index (χ1n) is 6.51.